The fourth-order valence-corrected chi connectivity index (χ4v) is 10.8. The van der Waals surface area contributed by atoms with Crippen molar-refractivity contribution in [1.29, 1.82) is 0 Å². The lowest BCUT2D eigenvalue weighted by Gasteiger charge is -2.39. The summed E-state index contributed by atoms with van der Waals surface area (Å²) in [5.41, 5.74) is 17.2. The average Bonchev–Trinajstić information content (AvgIpc) is 3.65. The number of fused-ring (bicyclic) bond motifs is 9. The summed E-state index contributed by atoms with van der Waals surface area (Å²) in [6, 6.07) is 80.4. The van der Waals surface area contributed by atoms with Gasteiger partial charge in [-0.05, 0) is 85.0 Å². The van der Waals surface area contributed by atoms with Crippen LogP contribution in [0.15, 0.2) is 234 Å². The van der Waals surface area contributed by atoms with E-state index >= 15 is 0 Å². The first-order chi connectivity index (χ1) is 30.7. The second kappa shape index (κ2) is 14.8. The molecule has 62 heavy (non-hydrogen) atoms. The van der Waals surface area contributed by atoms with E-state index in [4.69, 9.17) is 15.0 Å². The summed E-state index contributed by atoms with van der Waals surface area (Å²) in [4.78, 5) is 18.0. The first-order valence-corrected chi connectivity index (χ1v) is 21.8. The van der Waals surface area contributed by atoms with Crippen molar-refractivity contribution < 1.29 is 0 Å². The molecule has 0 atom stereocenters. The van der Waals surface area contributed by atoms with Crippen LogP contribution >= 0.6 is 11.8 Å². The molecule has 1 aromatic heterocycles. The Morgan fingerprint density at radius 2 is 0.645 bits per heavy atom. The van der Waals surface area contributed by atoms with E-state index in [0.717, 1.165) is 38.9 Å². The van der Waals surface area contributed by atoms with E-state index in [1.807, 2.05) is 23.9 Å². The molecule has 0 unspecified atom stereocenters. The Hall–Kier alpha value is -7.66. The molecule has 1 spiro atoms. The molecule has 0 bridgehead atoms. The molecule has 0 amide bonds. The number of hydrogen-bond acceptors (Lipinski definition) is 4. The van der Waals surface area contributed by atoms with Gasteiger partial charge in [0.15, 0.2) is 17.5 Å². The van der Waals surface area contributed by atoms with Crippen LogP contribution < -0.4 is 0 Å². The second-order valence-corrected chi connectivity index (χ2v) is 17.0. The van der Waals surface area contributed by atoms with Gasteiger partial charge in [-0.25, -0.2) is 15.0 Å². The van der Waals surface area contributed by atoms with Crippen molar-refractivity contribution in [3.63, 3.8) is 0 Å². The van der Waals surface area contributed by atoms with Crippen molar-refractivity contribution in [3.8, 4) is 78.7 Å². The van der Waals surface area contributed by atoms with Crippen LogP contribution in [0.5, 0.6) is 0 Å². The minimum atomic E-state index is -0.402. The zero-order valence-electron chi connectivity index (χ0n) is 33.6. The third-order valence-electron chi connectivity index (χ3n) is 12.4. The molecule has 1 aliphatic carbocycles. The molecular formula is C58H37N3S. The van der Waals surface area contributed by atoms with Gasteiger partial charge in [0.1, 0.15) is 0 Å². The SMILES string of the molecule is c1ccc(-c2ccc(-c3nc(-c4ccc(-c5ccccc5)cc4)nc(-c4cccc(-c5ccc6c(c5)Sc5ccccc5C65c6ccccc6-c6ccccc65)c4)n3)cc2)cc1. The molecule has 2 heterocycles. The Bertz CT molecular complexity index is 3160. The molecule has 10 aromatic rings. The highest BCUT2D eigenvalue weighted by molar-refractivity contribution is 7.99. The number of hydrogen-bond donors (Lipinski definition) is 0. The number of nitrogens with zero attached hydrogens (tertiary/aromatic N) is 3. The standard InChI is InChI=1S/C58H37N3S/c1-3-14-38(15-4-1)40-26-30-42(31-27-40)55-59-56(43-32-28-41(29-33-43)39-16-5-2-6-17-39)61-57(60-55)46-19-13-18-44(36-46)45-34-35-52-54(37-45)62-53-25-12-11-24-51(53)58(52)49-22-9-7-20-47(49)48-21-8-10-23-50(48)58/h1-37H. The maximum Gasteiger partial charge on any atom is 0.164 e. The molecule has 0 saturated heterocycles. The van der Waals surface area contributed by atoms with Gasteiger partial charge in [-0.3, -0.25) is 0 Å². The van der Waals surface area contributed by atoms with E-state index in [-0.39, 0.29) is 0 Å². The van der Waals surface area contributed by atoms with E-state index in [9.17, 15) is 0 Å². The van der Waals surface area contributed by atoms with Gasteiger partial charge >= 0.3 is 0 Å². The minimum absolute atomic E-state index is 0.402. The Labute approximate surface area is 365 Å². The number of rotatable bonds is 6. The summed E-state index contributed by atoms with van der Waals surface area (Å²) >= 11 is 1.87. The van der Waals surface area contributed by atoms with Crippen LogP contribution in [0.2, 0.25) is 0 Å². The summed E-state index contributed by atoms with van der Waals surface area (Å²) in [5, 5.41) is 0. The van der Waals surface area contributed by atoms with E-state index in [0.29, 0.717) is 17.5 Å². The Kier molecular flexibility index (Phi) is 8.65. The second-order valence-electron chi connectivity index (χ2n) is 15.9. The highest BCUT2D eigenvalue weighted by atomic mass is 32.2. The Morgan fingerprint density at radius 3 is 1.23 bits per heavy atom. The van der Waals surface area contributed by atoms with Crippen LogP contribution in [0.1, 0.15) is 22.3 Å². The summed E-state index contributed by atoms with van der Waals surface area (Å²) in [6.07, 6.45) is 0. The molecule has 1 aliphatic heterocycles. The maximum absolute atomic E-state index is 5.16. The van der Waals surface area contributed by atoms with E-state index in [1.165, 1.54) is 54.3 Å². The van der Waals surface area contributed by atoms with Crippen molar-refractivity contribution in [2.24, 2.45) is 0 Å². The third kappa shape index (κ3) is 5.94. The number of aromatic nitrogens is 3. The van der Waals surface area contributed by atoms with Crippen molar-refractivity contribution in [2.75, 3.05) is 0 Å². The molecular weight excluding hydrogens is 771 g/mol. The Balaban J connectivity index is 0.965. The maximum atomic E-state index is 5.16. The van der Waals surface area contributed by atoms with Gasteiger partial charge in [-0.1, -0.05) is 218 Å². The van der Waals surface area contributed by atoms with E-state index < -0.39 is 5.41 Å². The van der Waals surface area contributed by atoms with Crippen LogP contribution in [0.3, 0.4) is 0 Å². The molecule has 290 valence electrons. The van der Waals surface area contributed by atoms with E-state index in [2.05, 4.69) is 212 Å². The first kappa shape index (κ1) is 36.2. The first-order valence-electron chi connectivity index (χ1n) is 21.0. The predicted molar refractivity (Wildman–Crippen MR) is 254 cm³/mol. The lowest BCUT2D eigenvalue weighted by atomic mass is 9.67. The van der Waals surface area contributed by atoms with Crippen molar-refractivity contribution in [3.05, 3.63) is 247 Å². The fourth-order valence-electron chi connectivity index (χ4n) is 9.53. The molecule has 4 heteroatoms. The van der Waals surface area contributed by atoms with Gasteiger partial charge in [0, 0.05) is 26.5 Å². The molecule has 9 aromatic carbocycles. The molecule has 0 radical (unpaired) electrons. The smallest absolute Gasteiger partial charge is 0.164 e. The zero-order valence-corrected chi connectivity index (χ0v) is 34.4. The van der Waals surface area contributed by atoms with Gasteiger partial charge < -0.3 is 0 Å². The molecule has 0 fully saturated rings. The lowest BCUT2D eigenvalue weighted by Crippen LogP contribution is -2.31. The van der Waals surface area contributed by atoms with Crippen LogP contribution in [0, 0.1) is 0 Å². The zero-order chi connectivity index (χ0) is 41.0. The van der Waals surface area contributed by atoms with Crippen LogP contribution in [-0.2, 0) is 5.41 Å². The molecule has 0 saturated carbocycles. The highest BCUT2D eigenvalue weighted by Crippen LogP contribution is 2.62. The van der Waals surface area contributed by atoms with Gasteiger partial charge in [-0.2, -0.15) is 0 Å². The topological polar surface area (TPSA) is 38.7 Å². The van der Waals surface area contributed by atoms with Crippen LogP contribution in [-0.4, -0.2) is 15.0 Å². The fraction of sp³-hybridized carbons (Fsp3) is 0.0172. The van der Waals surface area contributed by atoms with Gasteiger partial charge in [0.25, 0.3) is 0 Å². The van der Waals surface area contributed by atoms with Crippen molar-refractivity contribution in [2.45, 2.75) is 15.2 Å². The average molecular weight is 808 g/mol. The lowest BCUT2D eigenvalue weighted by molar-refractivity contribution is 0.722. The third-order valence-corrected chi connectivity index (χ3v) is 13.6. The van der Waals surface area contributed by atoms with Crippen LogP contribution in [0.25, 0.3) is 78.7 Å². The summed E-state index contributed by atoms with van der Waals surface area (Å²) in [5.74, 6) is 1.90. The number of benzene rings is 9. The normalized spacial score (nSPS) is 12.9. The van der Waals surface area contributed by atoms with Gasteiger partial charge in [0.2, 0.25) is 0 Å². The predicted octanol–water partition coefficient (Wildman–Crippen LogP) is 14.7. The molecule has 0 N–H and O–H groups in total. The Morgan fingerprint density at radius 1 is 0.258 bits per heavy atom. The van der Waals surface area contributed by atoms with Crippen LogP contribution in [0.4, 0.5) is 0 Å². The van der Waals surface area contributed by atoms with Crippen molar-refractivity contribution >= 4 is 11.8 Å². The van der Waals surface area contributed by atoms with Gasteiger partial charge in [-0.15, -0.1) is 0 Å². The summed E-state index contributed by atoms with van der Waals surface area (Å²) in [6.45, 7) is 0. The molecule has 2 aliphatic rings. The minimum Gasteiger partial charge on any atom is -0.208 e. The largest absolute Gasteiger partial charge is 0.208 e. The van der Waals surface area contributed by atoms with E-state index in [1.54, 1.807) is 0 Å². The monoisotopic (exact) mass is 807 g/mol. The van der Waals surface area contributed by atoms with Crippen molar-refractivity contribution in [1.82, 2.24) is 15.0 Å². The quantitative estimate of drug-likeness (QED) is 0.168. The molecule has 12 rings (SSSR count). The summed E-state index contributed by atoms with van der Waals surface area (Å²) < 4.78 is 0. The summed E-state index contributed by atoms with van der Waals surface area (Å²) in [7, 11) is 0. The highest BCUT2D eigenvalue weighted by Gasteiger charge is 2.50. The molecule has 3 nitrogen and oxygen atoms in total. The van der Waals surface area contributed by atoms with Gasteiger partial charge in [0.05, 0.1) is 5.41 Å².